The van der Waals surface area contributed by atoms with Gasteiger partial charge in [0.25, 0.3) is 0 Å². The molecule has 0 bridgehead atoms. The minimum absolute atomic E-state index is 0.528. The number of rotatable bonds is 0. The van der Waals surface area contributed by atoms with Crippen LogP contribution in [-0.4, -0.2) is 5.11 Å². The van der Waals surface area contributed by atoms with Crippen LogP contribution < -0.4 is 0 Å². The second-order valence-corrected chi connectivity index (χ2v) is 3.22. The van der Waals surface area contributed by atoms with Gasteiger partial charge in [-0.2, -0.15) is 0 Å². The lowest BCUT2D eigenvalue weighted by Crippen LogP contribution is -1.85. The highest BCUT2D eigenvalue weighted by atomic mass is 16.3. The number of fused-ring (bicyclic) bond motifs is 1. The zero-order valence-corrected chi connectivity index (χ0v) is 8.72. The molecule has 0 radical (unpaired) electrons. The number of aryl methyl sites for hydroxylation is 2. The summed E-state index contributed by atoms with van der Waals surface area (Å²) in [6.07, 6.45) is 3.40. The fraction of sp³-hybridized carbons (Fsp3) is 0.500. The van der Waals surface area contributed by atoms with Crippen molar-refractivity contribution < 1.29 is 5.11 Å². The molecule has 0 saturated heterocycles. The van der Waals surface area contributed by atoms with E-state index in [2.05, 4.69) is 6.07 Å². The van der Waals surface area contributed by atoms with E-state index >= 15 is 0 Å². The van der Waals surface area contributed by atoms with Crippen LogP contribution in [0.15, 0.2) is 12.1 Å². The lowest BCUT2D eigenvalue weighted by atomic mass is 10.1. The minimum Gasteiger partial charge on any atom is -0.507 e. The van der Waals surface area contributed by atoms with Gasteiger partial charge in [-0.15, -0.1) is 0 Å². The SMILES string of the molecule is CC.Cc1ccc2c(c1O)CCC2. The summed E-state index contributed by atoms with van der Waals surface area (Å²) in [6.45, 7) is 5.95. The third-order valence-electron chi connectivity index (χ3n) is 2.45. The van der Waals surface area contributed by atoms with E-state index in [0.717, 1.165) is 18.4 Å². The quantitative estimate of drug-likeness (QED) is 0.646. The summed E-state index contributed by atoms with van der Waals surface area (Å²) in [5.41, 5.74) is 3.53. The van der Waals surface area contributed by atoms with Gasteiger partial charge in [0.15, 0.2) is 0 Å². The molecule has 1 nitrogen and oxygen atoms in total. The zero-order chi connectivity index (χ0) is 9.84. The summed E-state index contributed by atoms with van der Waals surface area (Å²) in [5, 5.41) is 9.62. The van der Waals surface area contributed by atoms with Crippen molar-refractivity contribution in [2.45, 2.75) is 40.0 Å². The minimum atomic E-state index is 0.528. The molecule has 0 unspecified atom stereocenters. The molecule has 1 N–H and O–H groups in total. The van der Waals surface area contributed by atoms with Crippen LogP contribution in [0.2, 0.25) is 0 Å². The van der Waals surface area contributed by atoms with Crippen molar-refractivity contribution in [2.24, 2.45) is 0 Å². The molecule has 0 aromatic heterocycles. The van der Waals surface area contributed by atoms with Crippen molar-refractivity contribution in [1.82, 2.24) is 0 Å². The third-order valence-corrected chi connectivity index (χ3v) is 2.45. The molecular formula is C12H18O. The van der Waals surface area contributed by atoms with E-state index in [1.165, 1.54) is 17.5 Å². The van der Waals surface area contributed by atoms with E-state index in [4.69, 9.17) is 0 Å². The molecule has 1 aliphatic carbocycles. The van der Waals surface area contributed by atoms with Gasteiger partial charge in [-0.1, -0.05) is 26.0 Å². The highest BCUT2D eigenvalue weighted by Crippen LogP contribution is 2.31. The first-order valence-electron chi connectivity index (χ1n) is 5.09. The van der Waals surface area contributed by atoms with E-state index in [9.17, 15) is 5.11 Å². The highest BCUT2D eigenvalue weighted by molar-refractivity contribution is 5.46. The third kappa shape index (κ3) is 1.85. The predicted octanol–water partition coefficient (Wildman–Crippen LogP) is 3.22. The predicted molar refractivity (Wildman–Crippen MR) is 56.2 cm³/mol. The van der Waals surface area contributed by atoms with Gasteiger partial charge in [-0.25, -0.2) is 0 Å². The molecule has 1 aliphatic rings. The molecule has 1 heteroatoms. The molecule has 0 atom stereocenters. The molecule has 0 fully saturated rings. The summed E-state index contributed by atoms with van der Waals surface area (Å²) in [4.78, 5) is 0. The fourth-order valence-electron chi connectivity index (χ4n) is 1.76. The summed E-state index contributed by atoms with van der Waals surface area (Å²) in [7, 11) is 0. The van der Waals surface area contributed by atoms with E-state index in [1.807, 2.05) is 26.8 Å². The molecule has 0 spiro atoms. The number of hydrogen-bond acceptors (Lipinski definition) is 1. The average molecular weight is 178 g/mol. The maximum Gasteiger partial charge on any atom is 0.121 e. The Bertz CT molecular complexity index is 289. The molecule has 1 aromatic carbocycles. The van der Waals surface area contributed by atoms with Crippen molar-refractivity contribution in [3.8, 4) is 5.75 Å². The smallest absolute Gasteiger partial charge is 0.121 e. The standard InChI is InChI=1S/C10H12O.C2H6/c1-7-5-6-8-3-2-4-9(8)10(7)11;1-2/h5-6,11H,2-4H2,1H3;1-2H3. The number of aromatic hydroxyl groups is 1. The molecular weight excluding hydrogens is 160 g/mol. The second-order valence-electron chi connectivity index (χ2n) is 3.22. The van der Waals surface area contributed by atoms with E-state index in [-0.39, 0.29) is 0 Å². The molecule has 1 aromatic rings. The van der Waals surface area contributed by atoms with Crippen LogP contribution in [0, 0.1) is 6.92 Å². The van der Waals surface area contributed by atoms with Crippen molar-refractivity contribution in [2.75, 3.05) is 0 Å². The Morgan fingerprint density at radius 3 is 2.54 bits per heavy atom. The largest absolute Gasteiger partial charge is 0.507 e. The normalized spacial score (nSPS) is 13.2. The van der Waals surface area contributed by atoms with Crippen LogP contribution in [0.1, 0.15) is 37.0 Å². The first-order chi connectivity index (χ1) is 6.29. The number of hydrogen-bond donors (Lipinski definition) is 1. The van der Waals surface area contributed by atoms with Gasteiger partial charge >= 0.3 is 0 Å². The van der Waals surface area contributed by atoms with E-state index < -0.39 is 0 Å². The average Bonchev–Trinajstić information content (AvgIpc) is 2.63. The Balaban J connectivity index is 0.000000396. The van der Waals surface area contributed by atoms with Crippen LogP contribution >= 0.6 is 0 Å². The molecule has 0 saturated carbocycles. The van der Waals surface area contributed by atoms with Crippen molar-refractivity contribution in [1.29, 1.82) is 0 Å². The Labute approximate surface area is 80.4 Å². The summed E-state index contributed by atoms with van der Waals surface area (Å²) >= 11 is 0. The molecule has 0 amide bonds. The molecule has 0 heterocycles. The van der Waals surface area contributed by atoms with Crippen LogP contribution in [0.5, 0.6) is 5.75 Å². The number of phenols is 1. The maximum atomic E-state index is 9.62. The van der Waals surface area contributed by atoms with Gasteiger partial charge in [0.2, 0.25) is 0 Å². The molecule has 0 aliphatic heterocycles. The Morgan fingerprint density at radius 1 is 1.15 bits per heavy atom. The zero-order valence-electron chi connectivity index (χ0n) is 8.72. The molecule has 13 heavy (non-hydrogen) atoms. The Hall–Kier alpha value is -0.980. The second kappa shape index (κ2) is 4.31. The highest BCUT2D eigenvalue weighted by Gasteiger charge is 2.14. The van der Waals surface area contributed by atoms with Gasteiger partial charge in [0.05, 0.1) is 0 Å². The van der Waals surface area contributed by atoms with Crippen molar-refractivity contribution in [3.05, 3.63) is 28.8 Å². The van der Waals surface area contributed by atoms with Crippen LogP contribution in [0.3, 0.4) is 0 Å². The monoisotopic (exact) mass is 178 g/mol. The summed E-state index contributed by atoms with van der Waals surface area (Å²) in [5.74, 6) is 0.528. The van der Waals surface area contributed by atoms with E-state index in [0.29, 0.717) is 5.75 Å². The van der Waals surface area contributed by atoms with Gasteiger partial charge < -0.3 is 5.11 Å². The fourth-order valence-corrected chi connectivity index (χ4v) is 1.76. The van der Waals surface area contributed by atoms with Gasteiger partial charge in [-0.05, 0) is 42.9 Å². The van der Waals surface area contributed by atoms with Crippen LogP contribution in [0.4, 0.5) is 0 Å². The van der Waals surface area contributed by atoms with Crippen LogP contribution in [-0.2, 0) is 12.8 Å². The summed E-state index contributed by atoms with van der Waals surface area (Å²) < 4.78 is 0. The molecule has 2 rings (SSSR count). The Kier molecular flexibility index (Phi) is 3.35. The maximum absolute atomic E-state index is 9.62. The van der Waals surface area contributed by atoms with Gasteiger partial charge in [0.1, 0.15) is 5.75 Å². The lowest BCUT2D eigenvalue weighted by molar-refractivity contribution is 0.465. The van der Waals surface area contributed by atoms with Crippen molar-refractivity contribution in [3.63, 3.8) is 0 Å². The van der Waals surface area contributed by atoms with Gasteiger partial charge in [0, 0.05) is 0 Å². The first kappa shape index (κ1) is 10.1. The first-order valence-corrected chi connectivity index (χ1v) is 5.09. The summed E-state index contributed by atoms with van der Waals surface area (Å²) in [6, 6.07) is 4.14. The number of benzene rings is 1. The van der Waals surface area contributed by atoms with Crippen molar-refractivity contribution >= 4 is 0 Å². The molecule has 72 valence electrons. The number of phenolic OH excluding ortho intramolecular Hbond substituents is 1. The van der Waals surface area contributed by atoms with Gasteiger partial charge in [-0.3, -0.25) is 0 Å². The topological polar surface area (TPSA) is 20.2 Å². The lowest BCUT2D eigenvalue weighted by Gasteiger charge is -2.04. The van der Waals surface area contributed by atoms with E-state index in [1.54, 1.807) is 0 Å². The Morgan fingerprint density at radius 2 is 1.85 bits per heavy atom. The van der Waals surface area contributed by atoms with Crippen LogP contribution in [0.25, 0.3) is 0 Å².